The van der Waals surface area contributed by atoms with E-state index in [4.69, 9.17) is 5.73 Å². The van der Waals surface area contributed by atoms with Crippen LogP contribution in [0.4, 0.5) is 0 Å². The van der Waals surface area contributed by atoms with Gasteiger partial charge in [-0.15, -0.1) is 0 Å². The van der Waals surface area contributed by atoms with Gasteiger partial charge in [0.2, 0.25) is 0 Å². The summed E-state index contributed by atoms with van der Waals surface area (Å²) < 4.78 is 0. The van der Waals surface area contributed by atoms with Crippen molar-refractivity contribution in [1.82, 2.24) is 5.32 Å². The van der Waals surface area contributed by atoms with E-state index in [2.05, 4.69) is 17.2 Å². The third kappa shape index (κ3) is 4.21. The van der Waals surface area contributed by atoms with Crippen LogP contribution in [0.2, 0.25) is 0 Å². The maximum atomic E-state index is 5.88. The molecule has 0 spiro atoms. The first-order valence-corrected chi connectivity index (χ1v) is 7.28. The second kappa shape index (κ2) is 6.27. The molecule has 0 radical (unpaired) electrons. The monoisotopic (exact) mass is 237 g/mol. The lowest BCUT2D eigenvalue weighted by Gasteiger charge is -2.26. The Bertz CT molecular complexity index is 250. The number of hydrogen-bond acceptors (Lipinski definition) is 1. The van der Waals surface area contributed by atoms with Crippen molar-refractivity contribution >= 4 is 5.96 Å². The molecule has 2 rings (SSSR count). The van der Waals surface area contributed by atoms with E-state index in [1.165, 1.54) is 44.9 Å². The fourth-order valence-corrected chi connectivity index (χ4v) is 2.74. The molecule has 0 bridgehead atoms. The zero-order valence-corrected chi connectivity index (χ0v) is 11.1. The minimum absolute atomic E-state index is 0.663. The van der Waals surface area contributed by atoms with E-state index in [1.807, 2.05) is 0 Å². The van der Waals surface area contributed by atoms with Crippen LogP contribution in [0.15, 0.2) is 4.99 Å². The third-order valence-corrected chi connectivity index (χ3v) is 4.45. The lowest BCUT2D eigenvalue weighted by molar-refractivity contribution is 0.289. The highest BCUT2D eigenvalue weighted by atomic mass is 15.1. The average Bonchev–Trinajstić information content (AvgIpc) is 2.26. The maximum Gasteiger partial charge on any atom is 0.188 e. The summed E-state index contributed by atoms with van der Waals surface area (Å²) in [5.41, 5.74) is 5.88. The van der Waals surface area contributed by atoms with Gasteiger partial charge in [-0.1, -0.05) is 26.2 Å². The zero-order valence-electron chi connectivity index (χ0n) is 11.1. The van der Waals surface area contributed by atoms with Crippen LogP contribution in [-0.4, -0.2) is 19.0 Å². The van der Waals surface area contributed by atoms with Crippen molar-refractivity contribution in [3.63, 3.8) is 0 Å². The van der Waals surface area contributed by atoms with Crippen LogP contribution in [0.25, 0.3) is 0 Å². The number of nitrogens with zero attached hydrogens (tertiary/aromatic N) is 1. The lowest BCUT2D eigenvalue weighted by atomic mass is 9.83. The van der Waals surface area contributed by atoms with Crippen molar-refractivity contribution in [1.29, 1.82) is 0 Å². The molecule has 3 N–H and O–H groups in total. The molecule has 3 nitrogen and oxygen atoms in total. The summed E-state index contributed by atoms with van der Waals surface area (Å²) in [5.74, 6) is 3.21. The van der Waals surface area contributed by atoms with Crippen molar-refractivity contribution in [2.75, 3.05) is 13.1 Å². The molecule has 17 heavy (non-hydrogen) atoms. The van der Waals surface area contributed by atoms with Crippen LogP contribution in [-0.2, 0) is 0 Å². The molecule has 0 aromatic rings. The number of nitrogens with two attached hydrogens (primary N) is 1. The first-order chi connectivity index (χ1) is 8.24. The van der Waals surface area contributed by atoms with E-state index < -0.39 is 0 Å². The van der Waals surface area contributed by atoms with Gasteiger partial charge in [0.05, 0.1) is 0 Å². The molecule has 3 heteroatoms. The van der Waals surface area contributed by atoms with Crippen LogP contribution >= 0.6 is 0 Å². The van der Waals surface area contributed by atoms with E-state index in [0.29, 0.717) is 5.96 Å². The fraction of sp³-hybridized carbons (Fsp3) is 0.929. The predicted molar refractivity (Wildman–Crippen MR) is 73.0 cm³/mol. The molecular formula is C14H27N3. The Morgan fingerprint density at radius 2 is 1.82 bits per heavy atom. The first kappa shape index (κ1) is 12.7. The van der Waals surface area contributed by atoms with Crippen molar-refractivity contribution in [3.8, 4) is 0 Å². The van der Waals surface area contributed by atoms with Crippen LogP contribution in [0.5, 0.6) is 0 Å². The lowest BCUT2D eigenvalue weighted by Crippen LogP contribution is -2.37. The van der Waals surface area contributed by atoms with Gasteiger partial charge in [-0.3, -0.25) is 4.99 Å². The molecule has 98 valence electrons. The Hall–Kier alpha value is -0.730. The van der Waals surface area contributed by atoms with Crippen molar-refractivity contribution < 1.29 is 0 Å². The Labute approximate surface area is 105 Å². The van der Waals surface area contributed by atoms with Gasteiger partial charge in [-0.2, -0.15) is 0 Å². The first-order valence-electron chi connectivity index (χ1n) is 7.28. The Morgan fingerprint density at radius 3 is 2.41 bits per heavy atom. The van der Waals surface area contributed by atoms with Crippen LogP contribution < -0.4 is 11.1 Å². The highest BCUT2D eigenvalue weighted by molar-refractivity contribution is 5.77. The molecule has 0 unspecified atom stereocenters. The van der Waals surface area contributed by atoms with Crippen LogP contribution in [0, 0.1) is 17.8 Å². The minimum atomic E-state index is 0.663. The average molecular weight is 237 g/mol. The Morgan fingerprint density at radius 1 is 1.12 bits per heavy atom. The van der Waals surface area contributed by atoms with Crippen molar-refractivity contribution in [2.24, 2.45) is 28.5 Å². The van der Waals surface area contributed by atoms with E-state index in [9.17, 15) is 0 Å². The number of rotatable bonds is 4. The highest BCUT2D eigenvalue weighted by Crippen LogP contribution is 2.28. The molecule has 0 saturated heterocycles. The Kier molecular flexibility index (Phi) is 4.69. The molecule has 2 aliphatic carbocycles. The molecule has 0 aliphatic heterocycles. The highest BCUT2D eigenvalue weighted by Gasteiger charge is 2.18. The molecule has 0 aromatic carbocycles. The van der Waals surface area contributed by atoms with Crippen molar-refractivity contribution in [2.45, 2.75) is 51.9 Å². The summed E-state index contributed by atoms with van der Waals surface area (Å²) in [6.45, 7) is 4.31. The maximum absolute atomic E-state index is 5.88. The summed E-state index contributed by atoms with van der Waals surface area (Å²) in [7, 11) is 0. The van der Waals surface area contributed by atoms with Crippen LogP contribution in [0.3, 0.4) is 0 Å². The van der Waals surface area contributed by atoms with Gasteiger partial charge < -0.3 is 11.1 Å². The molecule has 0 atom stereocenters. The topological polar surface area (TPSA) is 50.4 Å². The van der Waals surface area contributed by atoms with E-state index in [0.717, 1.165) is 30.8 Å². The molecule has 0 amide bonds. The largest absolute Gasteiger partial charge is 0.370 e. The molecule has 0 heterocycles. The van der Waals surface area contributed by atoms with Gasteiger partial charge in [0, 0.05) is 13.1 Å². The smallest absolute Gasteiger partial charge is 0.188 e. The zero-order chi connectivity index (χ0) is 12.1. The van der Waals surface area contributed by atoms with E-state index in [1.54, 1.807) is 0 Å². The van der Waals surface area contributed by atoms with E-state index in [-0.39, 0.29) is 0 Å². The van der Waals surface area contributed by atoms with Gasteiger partial charge in [-0.05, 0) is 43.4 Å². The summed E-state index contributed by atoms with van der Waals surface area (Å²) in [4.78, 5) is 4.43. The van der Waals surface area contributed by atoms with Gasteiger partial charge in [0.1, 0.15) is 0 Å². The summed E-state index contributed by atoms with van der Waals surface area (Å²) in [6, 6.07) is 0. The second-order valence-corrected chi connectivity index (χ2v) is 6.03. The van der Waals surface area contributed by atoms with Crippen LogP contribution in [0.1, 0.15) is 51.9 Å². The molecule has 2 fully saturated rings. The van der Waals surface area contributed by atoms with Crippen molar-refractivity contribution in [3.05, 3.63) is 0 Å². The molecule has 2 saturated carbocycles. The normalized spacial score (nSPS) is 31.0. The second-order valence-electron chi connectivity index (χ2n) is 6.03. The fourth-order valence-electron chi connectivity index (χ4n) is 2.74. The standard InChI is InChI=1S/C14H27N3/c1-11-5-7-13(8-6-11)10-17-14(15)16-9-12-3-2-4-12/h11-13H,2-10H2,1H3,(H3,15,16,17). The van der Waals surface area contributed by atoms with E-state index >= 15 is 0 Å². The molecular weight excluding hydrogens is 210 g/mol. The summed E-state index contributed by atoms with van der Waals surface area (Å²) in [5, 5.41) is 3.30. The number of hydrogen-bond donors (Lipinski definition) is 2. The number of guanidine groups is 1. The molecule has 2 aliphatic rings. The summed E-state index contributed by atoms with van der Waals surface area (Å²) >= 11 is 0. The Balaban J connectivity index is 1.59. The van der Waals surface area contributed by atoms with Gasteiger partial charge in [-0.25, -0.2) is 0 Å². The van der Waals surface area contributed by atoms with Gasteiger partial charge in [0.15, 0.2) is 5.96 Å². The molecule has 0 aromatic heterocycles. The number of nitrogens with one attached hydrogen (secondary N) is 1. The number of aliphatic imine (C=N–C) groups is 1. The summed E-state index contributed by atoms with van der Waals surface area (Å²) in [6.07, 6.45) is 9.54. The quantitative estimate of drug-likeness (QED) is 0.583. The van der Waals surface area contributed by atoms with Gasteiger partial charge in [0.25, 0.3) is 0 Å². The minimum Gasteiger partial charge on any atom is -0.370 e. The predicted octanol–water partition coefficient (Wildman–Crippen LogP) is 2.52. The third-order valence-electron chi connectivity index (χ3n) is 4.45. The van der Waals surface area contributed by atoms with Gasteiger partial charge >= 0.3 is 0 Å². The SMILES string of the molecule is CC1CCC(CNC(N)=NCC2CCC2)CC1.